The molecule has 2 aromatic rings. The Balaban J connectivity index is 2.54. The standard InChI is InChI=1S/C18H12O8/c19-15(20)11-5-2-9(3-6-11)1-4-10-7-8-12(16(21)22)14(18(25)26)13(10)17(23)24/h1-8H,(H,19,20)(H,21,22)(H,23,24)(H,25,26)/b4-1+. The average Bonchev–Trinajstić information content (AvgIpc) is 2.58. The number of aromatic carboxylic acids is 4. The number of hydrogen-bond acceptors (Lipinski definition) is 4. The van der Waals surface area contributed by atoms with Gasteiger partial charge in [-0.3, -0.25) is 0 Å². The van der Waals surface area contributed by atoms with E-state index >= 15 is 0 Å². The van der Waals surface area contributed by atoms with Crippen molar-refractivity contribution in [2.24, 2.45) is 0 Å². The van der Waals surface area contributed by atoms with Gasteiger partial charge < -0.3 is 20.4 Å². The van der Waals surface area contributed by atoms with Gasteiger partial charge in [0.05, 0.1) is 22.3 Å². The van der Waals surface area contributed by atoms with Crippen molar-refractivity contribution in [1.82, 2.24) is 0 Å². The molecule has 0 unspecified atom stereocenters. The van der Waals surface area contributed by atoms with Crippen molar-refractivity contribution in [2.75, 3.05) is 0 Å². The van der Waals surface area contributed by atoms with Gasteiger partial charge in [0.1, 0.15) is 0 Å². The highest BCUT2D eigenvalue weighted by Gasteiger charge is 2.26. The van der Waals surface area contributed by atoms with Gasteiger partial charge in [-0.05, 0) is 29.3 Å². The summed E-state index contributed by atoms with van der Waals surface area (Å²) < 4.78 is 0. The van der Waals surface area contributed by atoms with Crippen molar-refractivity contribution < 1.29 is 39.6 Å². The van der Waals surface area contributed by atoms with Crippen LogP contribution >= 0.6 is 0 Å². The molecule has 0 aliphatic heterocycles. The number of carbonyl (C=O) groups is 4. The van der Waals surface area contributed by atoms with E-state index < -0.39 is 40.6 Å². The van der Waals surface area contributed by atoms with Crippen LogP contribution in [0.1, 0.15) is 52.6 Å². The molecule has 2 rings (SSSR count). The monoisotopic (exact) mass is 356 g/mol. The fraction of sp³-hybridized carbons (Fsp3) is 0. The van der Waals surface area contributed by atoms with E-state index in [4.69, 9.17) is 10.2 Å². The quantitative estimate of drug-likeness (QED) is 0.577. The van der Waals surface area contributed by atoms with E-state index in [1.54, 1.807) is 0 Å². The maximum atomic E-state index is 11.5. The van der Waals surface area contributed by atoms with Gasteiger partial charge in [-0.1, -0.05) is 30.4 Å². The SMILES string of the molecule is O=C(O)c1ccc(/C=C/c2ccc(C(=O)O)c(C(=O)O)c2C(=O)O)cc1. The lowest BCUT2D eigenvalue weighted by Crippen LogP contribution is -2.16. The summed E-state index contributed by atoms with van der Waals surface area (Å²) in [5.74, 6) is -5.89. The van der Waals surface area contributed by atoms with Crippen LogP contribution in [0.2, 0.25) is 0 Å². The van der Waals surface area contributed by atoms with Crippen LogP contribution in [0, 0.1) is 0 Å². The Hall–Kier alpha value is -3.94. The Bertz CT molecular complexity index is 938. The van der Waals surface area contributed by atoms with Crippen LogP contribution in [0.5, 0.6) is 0 Å². The molecule has 0 bridgehead atoms. The van der Waals surface area contributed by atoms with E-state index in [-0.39, 0.29) is 11.1 Å². The summed E-state index contributed by atoms with van der Waals surface area (Å²) in [6, 6.07) is 7.91. The van der Waals surface area contributed by atoms with Crippen LogP contribution in [0.15, 0.2) is 36.4 Å². The Labute approximate surface area is 146 Å². The molecule has 0 atom stereocenters. The zero-order chi connectivity index (χ0) is 19.4. The van der Waals surface area contributed by atoms with Crippen molar-refractivity contribution in [3.8, 4) is 0 Å². The van der Waals surface area contributed by atoms with Gasteiger partial charge in [0.2, 0.25) is 0 Å². The molecule has 0 saturated heterocycles. The molecular weight excluding hydrogens is 344 g/mol. The Morgan fingerprint density at radius 1 is 0.615 bits per heavy atom. The number of hydrogen-bond donors (Lipinski definition) is 4. The van der Waals surface area contributed by atoms with Crippen molar-refractivity contribution in [3.05, 3.63) is 69.8 Å². The van der Waals surface area contributed by atoms with Gasteiger partial charge in [-0.2, -0.15) is 0 Å². The van der Waals surface area contributed by atoms with E-state index in [2.05, 4.69) is 0 Å². The highest BCUT2D eigenvalue weighted by Crippen LogP contribution is 2.22. The molecule has 132 valence electrons. The normalized spacial score (nSPS) is 10.6. The van der Waals surface area contributed by atoms with Crippen LogP contribution < -0.4 is 0 Å². The molecule has 0 saturated carbocycles. The number of carboxylic acids is 4. The third-order valence-corrected chi connectivity index (χ3v) is 3.51. The second-order valence-electron chi connectivity index (χ2n) is 5.13. The molecule has 0 aliphatic rings. The highest BCUT2D eigenvalue weighted by molar-refractivity contribution is 6.11. The summed E-state index contributed by atoms with van der Waals surface area (Å²) in [7, 11) is 0. The molecule has 8 heteroatoms. The van der Waals surface area contributed by atoms with Crippen molar-refractivity contribution in [1.29, 1.82) is 0 Å². The zero-order valence-corrected chi connectivity index (χ0v) is 13.0. The Kier molecular flexibility index (Phi) is 5.17. The van der Waals surface area contributed by atoms with E-state index in [1.807, 2.05) is 0 Å². The Morgan fingerprint density at radius 3 is 1.65 bits per heavy atom. The predicted molar refractivity (Wildman–Crippen MR) is 89.6 cm³/mol. The molecule has 26 heavy (non-hydrogen) atoms. The van der Waals surface area contributed by atoms with Crippen LogP contribution in [-0.2, 0) is 0 Å². The maximum Gasteiger partial charge on any atom is 0.337 e. The van der Waals surface area contributed by atoms with Gasteiger partial charge in [-0.15, -0.1) is 0 Å². The molecule has 4 N–H and O–H groups in total. The zero-order valence-electron chi connectivity index (χ0n) is 13.0. The maximum absolute atomic E-state index is 11.5. The van der Waals surface area contributed by atoms with Crippen molar-refractivity contribution in [2.45, 2.75) is 0 Å². The molecule has 0 aliphatic carbocycles. The fourth-order valence-electron chi connectivity index (χ4n) is 2.31. The fourth-order valence-corrected chi connectivity index (χ4v) is 2.31. The molecule has 0 radical (unpaired) electrons. The molecule has 0 amide bonds. The number of carboxylic acid groups (broad SMARTS) is 4. The summed E-state index contributed by atoms with van der Waals surface area (Å²) in [4.78, 5) is 44.8. The largest absolute Gasteiger partial charge is 0.478 e. The minimum absolute atomic E-state index is 0.00205. The van der Waals surface area contributed by atoms with Crippen molar-refractivity contribution >= 4 is 36.0 Å². The molecule has 8 nitrogen and oxygen atoms in total. The molecular formula is C18H12O8. The summed E-state index contributed by atoms with van der Waals surface area (Å²) in [5.41, 5.74) is -1.46. The van der Waals surface area contributed by atoms with Gasteiger partial charge >= 0.3 is 23.9 Å². The molecule has 0 heterocycles. The van der Waals surface area contributed by atoms with Gasteiger partial charge in [0.15, 0.2) is 0 Å². The second kappa shape index (κ2) is 7.31. The average molecular weight is 356 g/mol. The minimum Gasteiger partial charge on any atom is -0.478 e. The lowest BCUT2D eigenvalue weighted by atomic mass is 9.95. The smallest absolute Gasteiger partial charge is 0.337 e. The molecule has 0 aromatic heterocycles. The van der Waals surface area contributed by atoms with E-state index in [0.29, 0.717) is 5.56 Å². The van der Waals surface area contributed by atoms with Crippen LogP contribution in [0.4, 0.5) is 0 Å². The first-order chi connectivity index (χ1) is 12.2. The van der Waals surface area contributed by atoms with E-state index in [9.17, 15) is 29.4 Å². The predicted octanol–water partition coefficient (Wildman–Crippen LogP) is 2.65. The minimum atomic E-state index is -1.67. The third-order valence-electron chi connectivity index (χ3n) is 3.51. The second-order valence-corrected chi connectivity index (χ2v) is 5.13. The summed E-state index contributed by atoms with van der Waals surface area (Å²) >= 11 is 0. The lowest BCUT2D eigenvalue weighted by molar-refractivity contribution is 0.0633. The summed E-state index contributed by atoms with van der Waals surface area (Å²) in [5, 5.41) is 36.5. The van der Waals surface area contributed by atoms with Crippen molar-refractivity contribution in [3.63, 3.8) is 0 Å². The molecule has 0 spiro atoms. The topological polar surface area (TPSA) is 149 Å². The van der Waals surface area contributed by atoms with Gasteiger partial charge in [0.25, 0.3) is 0 Å². The molecule has 2 aromatic carbocycles. The third kappa shape index (κ3) is 3.75. The van der Waals surface area contributed by atoms with Crippen LogP contribution in [-0.4, -0.2) is 44.3 Å². The van der Waals surface area contributed by atoms with Gasteiger partial charge in [0, 0.05) is 0 Å². The van der Waals surface area contributed by atoms with E-state index in [1.165, 1.54) is 42.5 Å². The van der Waals surface area contributed by atoms with Gasteiger partial charge in [-0.25, -0.2) is 19.2 Å². The lowest BCUT2D eigenvalue weighted by Gasteiger charge is -2.09. The Morgan fingerprint density at radius 2 is 1.19 bits per heavy atom. The van der Waals surface area contributed by atoms with Crippen LogP contribution in [0.25, 0.3) is 12.2 Å². The summed E-state index contributed by atoms with van der Waals surface area (Å²) in [6.45, 7) is 0. The highest BCUT2D eigenvalue weighted by atomic mass is 16.4. The van der Waals surface area contributed by atoms with E-state index in [0.717, 1.165) is 6.07 Å². The van der Waals surface area contributed by atoms with Crippen LogP contribution in [0.3, 0.4) is 0 Å². The first kappa shape index (κ1) is 18.4. The number of benzene rings is 2. The molecule has 0 fully saturated rings. The first-order valence-electron chi connectivity index (χ1n) is 7.10. The summed E-state index contributed by atoms with van der Waals surface area (Å²) in [6.07, 6.45) is 2.77. The first-order valence-corrected chi connectivity index (χ1v) is 7.10. The number of rotatable bonds is 6.